The Morgan fingerprint density at radius 3 is 2.03 bits per heavy atom. The van der Waals surface area contributed by atoms with E-state index in [9.17, 15) is 14.7 Å². The molecule has 2 atom stereocenters. The first-order valence-corrected chi connectivity index (χ1v) is 9.37. The van der Waals surface area contributed by atoms with E-state index in [2.05, 4.69) is 0 Å². The Morgan fingerprint density at radius 1 is 0.931 bits per heavy atom. The lowest BCUT2D eigenvalue weighted by Crippen LogP contribution is -2.46. The average Bonchev–Trinajstić information content (AvgIpc) is 2.74. The van der Waals surface area contributed by atoms with Crippen LogP contribution in [0.25, 0.3) is 0 Å². The van der Waals surface area contributed by atoms with E-state index in [-0.39, 0.29) is 25.9 Å². The summed E-state index contributed by atoms with van der Waals surface area (Å²) in [5, 5.41) is 9.43. The standard InChI is InChI=1S/C22H27NO6/c1-17(28-14-18-9-5-3-6-10-18)13-27-16-20(21(24)25)23(2)22(26)29-15-19-11-7-4-8-12-19/h3-12,17,20H,13-16H2,1-2H3,(H,24,25). The van der Waals surface area contributed by atoms with Crippen LogP contribution in [0.3, 0.4) is 0 Å². The SMILES string of the molecule is CC(COCC(C(=O)O)N(C)C(=O)OCc1ccccc1)OCc1ccccc1. The zero-order valence-electron chi connectivity index (χ0n) is 16.7. The lowest BCUT2D eigenvalue weighted by atomic mass is 10.2. The van der Waals surface area contributed by atoms with Gasteiger partial charge in [-0.3, -0.25) is 4.90 Å². The maximum absolute atomic E-state index is 12.2. The topological polar surface area (TPSA) is 85.3 Å². The predicted octanol–water partition coefficient (Wildman–Crippen LogP) is 3.33. The molecule has 7 heteroatoms. The third-order valence-electron chi connectivity index (χ3n) is 4.25. The highest BCUT2D eigenvalue weighted by Gasteiger charge is 2.28. The van der Waals surface area contributed by atoms with Crippen LogP contribution < -0.4 is 0 Å². The third-order valence-corrected chi connectivity index (χ3v) is 4.25. The van der Waals surface area contributed by atoms with E-state index in [0.717, 1.165) is 16.0 Å². The number of carbonyl (C=O) groups is 2. The van der Waals surface area contributed by atoms with E-state index < -0.39 is 18.1 Å². The van der Waals surface area contributed by atoms with E-state index in [1.165, 1.54) is 7.05 Å². The number of carboxylic acids is 1. The van der Waals surface area contributed by atoms with Gasteiger partial charge in [0.05, 0.1) is 25.9 Å². The zero-order chi connectivity index (χ0) is 21.1. The lowest BCUT2D eigenvalue weighted by molar-refractivity contribution is -0.145. The molecule has 0 heterocycles. The average molecular weight is 401 g/mol. The summed E-state index contributed by atoms with van der Waals surface area (Å²) < 4.78 is 16.4. The number of benzene rings is 2. The Balaban J connectivity index is 1.74. The fourth-order valence-electron chi connectivity index (χ4n) is 2.50. The van der Waals surface area contributed by atoms with Crippen molar-refractivity contribution in [3.8, 4) is 0 Å². The molecule has 2 unspecified atom stereocenters. The van der Waals surface area contributed by atoms with Gasteiger partial charge in [-0.05, 0) is 18.1 Å². The first-order chi connectivity index (χ1) is 14.0. The normalized spacial score (nSPS) is 12.8. The maximum Gasteiger partial charge on any atom is 0.410 e. The van der Waals surface area contributed by atoms with Crippen molar-refractivity contribution in [2.45, 2.75) is 32.3 Å². The molecule has 7 nitrogen and oxygen atoms in total. The third kappa shape index (κ3) is 7.93. The van der Waals surface area contributed by atoms with E-state index in [4.69, 9.17) is 14.2 Å². The number of hydrogen-bond donors (Lipinski definition) is 1. The Labute approximate surface area is 170 Å². The molecule has 0 aromatic heterocycles. The number of ether oxygens (including phenoxy) is 3. The number of amides is 1. The number of nitrogens with zero attached hydrogens (tertiary/aromatic N) is 1. The van der Waals surface area contributed by atoms with Gasteiger partial charge in [0, 0.05) is 7.05 Å². The Hall–Kier alpha value is -2.90. The molecule has 2 aromatic carbocycles. The fourth-order valence-corrected chi connectivity index (χ4v) is 2.50. The van der Waals surface area contributed by atoms with Gasteiger partial charge < -0.3 is 19.3 Å². The summed E-state index contributed by atoms with van der Waals surface area (Å²) in [6, 6.07) is 17.7. The molecule has 29 heavy (non-hydrogen) atoms. The monoisotopic (exact) mass is 401 g/mol. The fraction of sp³-hybridized carbons (Fsp3) is 0.364. The molecule has 0 radical (unpaired) electrons. The number of carbonyl (C=O) groups excluding carboxylic acids is 1. The van der Waals surface area contributed by atoms with E-state index in [0.29, 0.717) is 6.61 Å². The van der Waals surface area contributed by atoms with Crippen LogP contribution in [0.2, 0.25) is 0 Å². The quantitative estimate of drug-likeness (QED) is 0.622. The minimum Gasteiger partial charge on any atom is -0.480 e. The number of rotatable bonds is 11. The van der Waals surface area contributed by atoms with Crippen molar-refractivity contribution in [2.24, 2.45) is 0 Å². The molecule has 2 rings (SSSR count). The summed E-state index contributed by atoms with van der Waals surface area (Å²) >= 11 is 0. The first-order valence-electron chi connectivity index (χ1n) is 9.37. The molecule has 156 valence electrons. The van der Waals surface area contributed by atoms with Crippen LogP contribution in [0.5, 0.6) is 0 Å². The molecule has 0 aliphatic rings. The molecule has 1 amide bonds. The Morgan fingerprint density at radius 2 is 1.48 bits per heavy atom. The van der Waals surface area contributed by atoms with E-state index in [1.54, 1.807) is 0 Å². The van der Waals surface area contributed by atoms with Crippen molar-refractivity contribution < 1.29 is 28.9 Å². The van der Waals surface area contributed by atoms with Gasteiger partial charge in [-0.1, -0.05) is 60.7 Å². The molecule has 0 bridgehead atoms. The zero-order valence-corrected chi connectivity index (χ0v) is 16.7. The molecule has 0 spiro atoms. The minimum absolute atomic E-state index is 0.0710. The van der Waals surface area contributed by atoms with Crippen molar-refractivity contribution in [3.05, 3.63) is 71.8 Å². The van der Waals surface area contributed by atoms with Crippen molar-refractivity contribution in [3.63, 3.8) is 0 Å². The van der Waals surface area contributed by atoms with Crippen LogP contribution in [0.4, 0.5) is 4.79 Å². The highest BCUT2D eigenvalue weighted by atomic mass is 16.6. The molecule has 0 saturated heterocycles. The number of carboxylic acid groups (broad SMARTS) is 1. The van der Waals surface area contributed by atoms with Gasteiger partial charge in [0.1, 0.15) is 6.61 Å². The predicted molar refractivity (Wildman–Crippen MR) is 107 cm³/mol. The van der Waals surface area contributed by atoms with E-state index in [1.807, 2.05) is 67.6 Å². The summed E-state index contributed by atoms with van der Waals surface area (Å²) in [7, 11) is 1.38. The molecular weight excluding hydrogens is 374 g/mol. The summed E-state index contributed by atoms with van der Waals surface area (Å²) in [5.74, 6) is -1.16. The van der Waals surface area contributed by atoms with Gasteiger partial charge in [-0.2, -0.15) is 0 Å². The second-order valence-corrected chi connectivity index (χ2v) is 6.65. The first kappa shape index (κ1) is 22.4. The van der Waals surface area contributed by atoms with Gasteiger partial charge in [-0.25, -0.2) is 9.59 Å². The minimum atomic E-state index is -1.16. The second kappa shape index (κ2) is 11.8. The van der Waals surface area contributed by atoms with Crippen molar-refractivity contribution in [1.29, 1.82) is 0 Å². The van der Waals surface area contributed by atoms with Crippen molar-refractivity contribution in [1.82, 2.24) is 4.90 Å². The van der Waals surface area contributed by atoms with Crippen LogP contribution in [0.15, 0.2) is 60.7 Å². The summed E-state index contributed by atoms with van der Waals surface area (Å²) in [6.45, 7) is 2.41. The van der Waals surface area contributed by atoms with Crippen molar-refractivity contribution >= 4 is 12.1 Å². The van der Waals surface area contributed by atoms with Gasteiger partial charge in [-0.15, -0.1) is 0 Å². The number of hydrogen-bond acceptors (Lipinski definition) is 5. The summed E-state index contributed by atoms with van der Waals surface area (Å²) in [5.41, 5.74) is 1.87. The van der Waals surface area contributed by atoms with Crippen molar-refractivity contribution in [2.75, 3.05) is 20.3 Å². The molecule has 0 saturated carbocycles. The summed E-state index contributed by atoms with van der Waals surface area (Å²) in [4.78, 5) is 24.8. The molecular formula is C22H27NO6. The van der Waals surface area contributed by atoms with Gasteiger partial charge in [0.15, 0.2) is 6.04 Å². The number of likely N-dealkylation sites (N-methyl/N-ethyl adjacent to an activating group) is 1. The largest absolute Gasteiger partial charge is 0.480 e. The van der Waals surface area contributed by atoms with Gasteiger partial charge >= 0.3 is 12.1 Å². The molecule has 0 aliphatic carbocycles. The maximum atomic E-state index is 12.2. The van der Waals surface area contributed by atoms with Crippen LogP contribution >= 0.6 is 0 Å². The highest BCUT2D eigenvalue weighted by molar-refractivity contribution is 5.80. The molecule has 0 aliphatic heterocycles. The van der Waals surface area contributed by atoms with Crippen LogP contribution in [0.1, 0.15) is 18.1 Å². The van der Waals surface area contributed by atoms with Gasteiger partial charge in [0.25, 0.3) is 0 Å². The van der Waals surface area contributed by atoms with E-state index >= 15 is 0 Å². The Bertz CT molecular complexity index is 752. The van der Waals surface area contributed by atoms with Crippen LogP contribution in [-0.2, 0) is 32.2 Å². The van der Waals surface area contributed by atoms with Crippen LogP contribution in [0, 0.1) is 0 Å². The summed E-state index contributed by atoms with van der Waals surface area (Å²) in [6.07, 6.45) is -0.946. The molecule has 0 fully saturated rings. The van der Waals surface area contributed by atoms with Crippen LogP contribution in [-0.4, -0.2) is 54.5 Å². The lowest BCUT2D eigenvalue weighted by Gasteiger charge is -2.24. The number of aliphatic carboxylic acids is 1. The molecule has 1 N–H and O–H groups in total. The highest BCUT2D eigenvalue weighted by Crippen LogP contribution is 2.07. The Kier molecular flexibility index (Phi) is 9.14. The van der Waals surface area contributed by atoms with Gasteiger partial charge in [0.2, 0.25) is 0 Å². The second-order valence-electron chi connectivity index (χ2n) is 6.65. The smallest absolute Gasteiger partial charge is 0.410 e. The molecule has 2 aromatic rings.